The molecule has 2 rings (SSSR count). The van der Waals surface area contributed by atoms with E-state index in [0.29, 0.717) is 21.9 Å². The molecule has 0 saturated heterocycles. The third-order valence-corrected chi connectivity index (χ3v) is 3.41. The van der Waals surface area contributed by atoms with Crippen LogP contribution in [0.3, 0.4) is 0 Å². The fraction of sp³-hybridized carbons (Fsp3) is 0.357. The minimum Gasteiger partial charge on any atom is -0.362 e. The summed E-state index contributed by atoms with van der Waals surface area (Å²) in [7, 11) is 1.48. The topological polar surface area (TPSA) is 61.4 Å². The van der Waals surface area contributed by atoms with Crippen molar-refractivity contribution in [3.05, 3.63) is 29.3 Å². The Balaban J connectivity index is 2.07. The highest BCUT2D eigenvalue weighted by Crippen LogP contribution is 2.24. The standard InChI is InChI=1S/C14H17N3O2S/c1-3-4-7-15-14(20)16-9-5-6-10-11(8-9)13(19)17(2)12(10)18/h5-6,8H,3-4,7H2,1-2H3,(H2,15,16,20). The Morgan fingerprint density at radius 1 is 1.25 bits per heavy atom. The van der Waals surface area contributed by atoms with Gasteiger partial charge in [-0.2, -0.15) is 0 Å². The molecule has 1 aromatic carbocycles. The van der Waals surface area contributed by atoms with Crippen molar-refractivity contribution in [1.29, 1.82) is 0 Å². The van der Waals surface area contributed by atoms with Gasteiger partial charge in [-0.15, -0.1) is 0 Å². The molecule has 1 aliphatic rings. The molecule has 0 spiro atoms. The maximum Gasteiger partial charge on any atom is 0.261 e. The summed E-state index contributed by atoms with van der Waals surface area (Å²) >= 11 is 5.17. The fourth-order valence-corrected chi connectivity index (χ4v) is 2.21. The molecule has 0 radical (unpaired) electrons. The molecule has 0 atom stereocenters. The molecule has 0 fully saturated rings. The van der Waals surface area contributed by atoms with Crippen LogP contribution in [0.4, 0.5) is 5.69 Å². The Morgan fingerprint density at radius 2 is 1.95 bits per heavy atom. The van der Waals surface area contributed by atoms with Crippen LogP contribution in [0.2, 0.25) is 0 Å². The Hall–Kier alpha value is -1.95. The summed E-state index contributed by atoms with van der Waals surface area (Å²) in [5.74, 6) is -0.543. The first-order chi connectivity index (χ1) is 9.54. The number of anilines is 1. The predicted octanol–water partition coefficient (Wildman–Crippen LogP) is 2.00. The first-order valence-electron chi connectivity index (χ1n) is 6.56. The first-order valence-corrected chi connectivity index (χ1v) is 6.96. The van der Waals surface area contributed by atoms with Gasteiger partial charge in [0.15, 0.2) is 5.11 Å². The molecular formula is C14H17N3O2S. The predicted molar refractivity (Wildman–Crippen MR) is 82.0 cm³/mol. The summed E-state index contributed by atoms with van der Waals surface area (Å²) in [5.41, 5.74) is 1.56. The lowest BCUT2D eigenvalue weighted by Crippen LogP contribution is -2.29. The van der Waals surface area contributed by atoms with E-state index in [0.717, 1.165) is 24.3 Å². The second-order valence-corrected chi connectivity index (χ2v) is 5.07. The minimum atomic E-state index is -0.279. The van der Waals surface area contributed by atoms with Gasteiger partial charge in [0, 0.05) is 19.3 Å². The van der Waals surface area contributed by atoms with Gasteiger partial charge in [-0.05, 0) is 36.8 Å². The summed E-state index contributed by atoms with van der Waals surface area (Å²) in [4.78, 5) is 24.8. The number of carbonyl (C=O) groups is 2. The van der Waals surface area contributed by atoms with Gasteiger partial charge in [0.2, 0.25) is 0 Å². The summed E-state index contributed by atoms with van der Waals surface area (Å²) in [6.07, 6.45) is 2.14. The molecule has 0 unspecified atom stereocenters. The molecule has 1 aromatic rings. The summed E-state index contributed by atoms with van der Waals surface area (Å²) in [6.45, 7) is 2.92. The van der Waals surface area contributed by atoms with Gasteiger partial charge in [-0.3, -0.25) is 14.5 Å². The molecule has 1 aliphatic heterocycles. The molecule has 0 bridgehead atoms. The number of imide groups is 1. The molecule has 2 N–H and O–H groups in total. The third-order valence-electron chi connectivity index (χ3n) is 3.16. The van der Waals surface area contributed by atoms with Gasteiger partial charge in [-0.1, -0.05) is 13.3 Å². The highest BCUT2D eigenvalue weighted by atomic mass is 32.1. The molecule has 0 aromatic heterocycles. The first kappa shape index (κ1) is 14.5. The molecule has 6 heteroatoms. The second kappa shape index (κ2) is 6.00. The van der Waals surface area contributed by atoms with E-state index in [9.17, 15) is 9.59 Å². The van der Waals surface area contributed by atoms with E-state index in [4.69, 9.17) is 12.2 Å². The number of rotatable bonds is 4. The summed E-state index contributed by atoms with van der Waals surface area (Å²) in [6, 6.07) is 5.06. The van der Waals surface area contributed by atoms with E-state index in [1.807, 2.05) is 0 Å². The molecule has 0 aliphatic carbocycles. The number of hydrogen-bond acceptors (Lipinski definition) is 3. The second-order valence-electron chi connectivity index (χ2n) is 4.66. The molecule has 2 amide bonds. The average Bonchev–Trinajstić information content (AvgIpc) is 2.64. The van der Waals surface area contributed by atoms with Gasteiger partial charge in [0.25, 0.3) is 11.8 Å². The Morgan fingerprint density at radius 3 is 2.65 bits per heavy atom. The van der Waals surface area contributed by atoms with Crippen molar-refractivity contribution in [1.82, 2.24) is 10.2 Å². The molecule has 20 heavy (non-hydrogen) atoms. The van der Waals surface area contributed by atoms with Crippen LogP contribution in [-0.4, -0.2) is 35.4 Å². The maximum absolute atomic E-state index is 11.9. The van der Waals surface area contributed by atoms with Crippen LogP contribution in [0.5, 0.6) is 0 Å². The quantitative estimate of drug-likeness (QED) is 0.505. The van der Waals surface area contributed by atoms with E-state index in [1.165, 1.54) is 7.05 Å². The van der Waals surface area contributed by atoms with Crippen molar-refractivity contribution >= 4 is 34.8 Å². The maximum atomic E-state index is 11.9. The Labute approximate surface area is 123 Å². The van der Waals surface area contributed by atoms with E-state index < -0.39 is 0 Å². The highest BCUT2D eigenvalue weighted by molar-refractivity contribution is 7.80. The van der Waals surface area contributed by atoms with Crippen molar-refractivity contribution in [2.45, 2.75) is 19.8 Å². The van der Waals surface area contributed by atoms with Crippen molar-refractivity contribution < 1.29 is 9.59 Å². The van der Waals surface area contributed by atoms with Crippen LogP contribution in [0, 0.1) is 0 Å². The number of carbonyl (C=O) groups excluding carboxylic acids is 2. The third kappa shape index (κ3) is 2.80. The van der Waals surface area contributed by atoms with Crippen LogP contribution in [0.1, 0.15) is 40.5 Å². The molecule has 106 valence electrons. The minimum absolute atomic E-state index is 0.264. The van der Waals surface area contributed by atoms with E-state index in [-0.39, 0.29) is 11.8 Å². The number of benzene rings is 1. The molecule has 1 heterocycles. The van der Waals surface area contributed by atoms with Crippen molar-refractivity contribution in [2.75, 3.05) is 18.9 Å². The lowest BCUT2D eigenvalue weighted by molar-refractivity contribution is 0.0693. The largest absolute Gasteiger partial charge is 0.362 e. The lowest BCUT2D eigenvalue weighted by Gasteiger charge is -2.10. The summed E-state index contributed by atoms with van der Waals surface area (Å²) < 4.78 is 0. The SMILES string of the molecule is CCCCNC(=S)Nc1ccc2c(c1)C(=O)N(C)C2=O. The molecule has 5 nitrogen and oxygen atoms in total. The number of nitrogens with one attached hydrogen (secondary N) is 2. The Kier molecular flexibility index (Phi) is 4.34. The zero-order valence-corrected chi connectivity index (χ0v) is 12.3. The highest BCUT2D eigenvalue weighted by Gasteiger charge is 2.32. The van der Waals surface area contributed by atoms with Crippen molar-refractivity contribution in [2.24, 2.45) is 0 Å². The van der Waals surface area contributed by atoms with Crippen molar-refractivity contribution in [3.63, 3.8) is 0 Å². The Bertz CT molecular complexity index is 572. The van der Waals surface area contributed by atoms with Crippen LogP contribution in [0.25, 0.3) is 0 Å². The number of fused-ring (bicyclic) bond motifs is 1. The summed E-state index contributed by atoms with van der Waals surface area (Å²) in [5, 5.41) is 6.62. The van der Waals surface area contributed by atoms with Gasteiger partial charge in [0.05, 0.1) is 11.1 Å². The van der Waals surface area contributed by atoms with Gasteiger partial charge >= 0.3 is 0 Å². The number of thiocarbonyl (C=S) groups is 1. The van der Waals surface area contributed by atoms with E-state index in [2.05, 4.69) is 17.6 Å². The molecule has 0 saturated carbocycles. The number of unbranched alkanes of at least 4 members (excludes halogenated alkanes) is 1. The number of nitrogens with zero attached hydrogens (tertiary/aromatic N) is 1. The van der Waals surface area contributed by atoms with Gasteiger partial charge in [-0.25, -0.2) is 0 Å². The van der Waals surface area contributed by atoms with E-state index in [1.54, 1.807) is 18.2 Å². The monoisotopic (exact) mass is 291 g/mol. The lowest BCUT2D eigenvalue weighted by atomic mass is 10.1. The van der Waals surface area contributed by atoms with E-state index >= 15 is 0 Å². The van der Waals surface area contributed by atoms with Gasteiger partial charge in [0.1, 0.15) is 0 Å². The fourth-order valence-electron chi connectivity index (χ4n) is 1.99. The number of hydrogen-bond donors (Lipinski definition) is 2. The van der Waals surface area contributed by atoms with Crippen LogP contribution in [-0.2, 0) is 0 Å². The van der Waals surface area contributed by atoms with Crippen LogP contribution >= 0.6 is 12.2 Å². The number of amides is 2. The zero-order valence-electron chi connectivity index (χ0n) is 11.5. The van der Waals surface area contributed by atoms with Gasteiger partial charge < -0.3 is 10.6 Å². The normalized spacial score (nSPS) is 13.4. The average molecular weight is 291 g/mol. The van der Waals surface area contributed by atoms with Crippen LogP contribution in [0.15, 0.2) is 18.2 Å². The van der Waals surface area contributed by atoms with Crippen LogP contribution < -0.4 is 10.6 Å². The van der Waals surface area contributed by atoms with Crippen molar-refractivity contribution in [3.8, 4) is 0 Å². The smallest absolute Gasteiger partial charge is 0.261 e. The zero-order chi connectivity index (χ0) is 14.7. The molecular weight excluding hydrogens is 274 g/mol.